The number of hydrogen-bond donors (Lipinski definition) is 4. The van der Waals surface area contributed by atoms with E-state index in [2.05, 4.69) is 20.1 Å². The van der Waals surface area contributed by atoms with Crippen LogP contribution in [0.1, 0.15) is 6.42 Å². The summed E-state index contributed by atoms with van der Waals surface area (Å²) in [6.45, 7) is 4.22. The highest BCUT2D eigenvalue weighted by Crippen LogP contribution is 2.18. The summed E-state index contributed by atoms with van der Waals surface area (Å²) >= 11 is 0. The van der Waals surface area contributed by atoms with Crippen LogP contribution in [0.3, 0.4) is 0 Å². The van der Waals surface area contributed by atoms with Gasteiger partial charge in [0, 0.05) is 63.1 Å². The van der Waals surface area contributed by atoms with Crippen molar-refractivity contribution in [3.8, 4) is 0 Å². The molecule has 0 spiro atoms. The molecule has 8 heteroatoms. The summed E-state index contributed by atoms with van der Waals surface area (Å²) < 4.78 is 0. The van der Waals surface area contributed by atoms with Gasteiger partial charge in [-0.05, 0) is 23.6 Å². The van der Waals surface area contributed by atoms with Crippen molar-refractivity contribution in [1.29, 1.82) is 0 Å². The maximum Gasteiger partial charge on any atom is 0.308 e. The monoisotopic (exact) mass is 374 g/mol. The standard InChI is InChI=1S/C19H26N4O4/c24-10-9-22-5-7-23(8-6-22)13-15(19(26)27)11-18(25)21-16-2-1-14-3-4-20-17(14)12-16/h1-4,12,15,20,24H,5-11,13H2,(H,21,25)(H,26,27). The van der Waals surface area contributed by atoms with Crippen molar-refractivity contribution < 1.29 is 19.8 Å². The number of H-pyrrole nitrogens is 1. The van der Waals surface area contributed by atoms with Gasteiger partial charge in [-0.2, -0.15) is 0 Å². The first-order valence-electron chi connectivity index (χ1n) is 9.20. The van der Waals surface area contributed by atoms with E-state index in [0.717, 1.165) is 37.1 Å². The van der Waals surface area contributed by atoms with E-state index in [-0.39, 0.29) is 18.9 Å². The Balaban J connectivity index is 1.52. The zero-order chi connectivity index (χ0) is 19.2. The van der Waals surface area contributed by atoms with Crippen molar-refractivity contribution in [3.05, 3.63) is 30.5 Å². The highest BCUT2D eigenvalue weighted by Gasteiger charge is 2.26. The lowest BCUT2D eigenvalue weighted by atomic mass is 10.0. The second kappa shape index (κ2) is 8.98. The lowest BCUT2D eigenvalue weighted by Gasteiger charge is -2.35. The van der Waals surface area contributed by atoms with Crippen LogP contribution in [0, 0.1) is 5.92 Å². The van der Waals surface area contributed by atoms with E-state index in [1.807, 2.05) is 30.5 Å². The molecule has 27 heavy (non-hydrogen) atoms. The number of carboxylic acid groups (broad SMARTS) is 1. The van der Waals surface area contributed by atoms with Crippen LogP contribution in [0.5, 0.6) is 0 Å². The predicted molar refractivity (Wildman–Crippen MR) is 103 cm³/mol. The van der Waals surface area contributed by atoms with E-state index < -0.39 is 11.9 Å². The molecule has 0 radical (unpaired) electrons. The van der Waals surface area contributed by atoms with Gasteiger partial charge in [0.15, 0.2) is 0 Å². The Labute approximate surface area is 157 Å². The molecule has 0 aliphatic carbocycles. The molecule has 1 fully saturated rings. The van der Waals surface area contributed by atoms with Crippen LogP contribution < -0.4 is 5.32 Å². The zero-order valence-corrected chi connectivity index (χ0v) is 15.2. The van der Waals surface area contributed by atoms with Crippen molar-refractivity contribution in [1.82, 2.24) is 14.8 Å². The number of rotatable bonds is 8. The molecule has 2 aromatic rings. The maximum absolute atomic E-state index is 12.3. The van der Waals surface area contributed by atoms with Crippen LogP contribution in [0.4, 0.5) is 5.69 Å². The van der Waals surface area contributed by atoms with Gasteiger partial charge in [-0.15, -0.1) is 0 Å². The highest BCUT2D eigenvalue weighted by atomic mass is 16.4. The van der Waals surface area contributed by atoms with Crippen molar-refractivity contribution in [2.45, 2.75) is 6.42 Å². The number of carbonyl (C=O) groups excluding carboxylic acids is 1. The summed E-state index contributed by atoms with van der Waals surface area (Å²) in [6, 6.07) is 7.50. The van der Waals surface area contributed by atoms with E-state index in [1.54, 1.807) is 0 Å². The molecule has 0 bridgehead atoms. The average molecular weight is 374 g/mol. The van der Waals surface area contributed by atoms with Gasteiger partial charge in [0.25, 0.3) is 0 Å². The summed E-state index contributed by atoms with van der Waals surface area (Å²) in [7, 11) is 0. The first-order valence-corrected chi connectivity index (χ1v) is 9.20. The molecule has 8 nitrogen and oxygen atoms in total. The Morgan fingerprint density at radius 2 is 1.89 bits per heavy atom. The first-order chi connectivity index (χ1) is 13.0. The van der Waals surface area contributed by atoms with E-state index in [0.29, 0.717) is 18.8 Å². The molecule has 1 aliphatic rings. The average Bonchev–Trinajstić information content (AvgIpc) is 3.10. The number of carbonyl (C=O) groups is 2. The SMILES string of the molecule is O=C(CC(CN1CCN(CCO)CC1)C(=O)O)Nc1ccc2cc[nH]c2c1. The lowest BCUT2D eigenvalue weighted by molar-refractivity contribution is -0.144. The van der Waals surface area contributed by atoms with Gasteiger partial charge in [-0.1, -0.05) is 6.07 Å². The van der Waals surface area contributed by atoms with E-state index >= 15 is 0 Å². The zero-order valence-electron chi connectivity index (χ0n) is 15.2. The molecule has 1 saturated heterocycles. The molecular weight excluding hydrogens is 348 g/mol. The largest absolute Gasteiger partial charge is 0.481 e. The van der Waals surface area contributed by atoms with Gasteiger partial charge in [-0.25, -0.2) is 0 Å². The molecular formula is C19H26N4O4. The molecule has 1 aliphatic heterocycles. The molecule has 4 N–H and O–H groups in total. The number of carboxylic acids is 1. The van der Waals surface area contributed by atoms with Gasteiger partial charge in [0.1, 0.15) is 0 Å². The lowest BCUT2D eigenvalue weighted by Crippen LogP contribution is -2.49. The minimum absolute atomic E-state index is 0.0606. The summed E-state index contributed by atoms with van der Waals surface area (Å²) in [5.74, 6) is -2.00. The number of nitrogens with one attached hydrogen (secondary N) is 2. The third kappa shape index (κ3) is 5.29. The Bertz CT molecular complexity index is 783. The number of nitrogens with zero attached hydrogens (tertiary/aromatic N) is 2. The molecule has 1 unspecified atom stereocenters. The number of fused-ring (bicyclic) bond motifs is 1. The number of aromatic amines is 1. The smallest absolute Gasteiger partial charge is 0.308 e. The Hall–Kier alpha value is -2.42. The Kier molecular flexibility index (Phi) is 6.44. The second-order valence-electron chi connectivity index (χ2n) is 6.93. The molecule has 146 valence electrons. The number of hydrogen-bond acceptors (Lipinski definition) is 5. The fourth-order valence-electron chi connectivity index (χ4n) is 3.44. The van der Waals surface area contributed by atoms with Crippen molar-refractivity contribution in [3.63, 3.8) is 0 Å². The topological polar surface area (TPSA) is 109 Å². The van der Waals surface area contributed by atoms with E-state index in [1.165, 1.54) is 0 Å². The molecule has 1 atom stereocenters. The van der Waals surface area contributed by atoms with E-state index in [4.69, 9.17) is 5.11 Å². The van der Waals surface area contributed by atoms with Crippen LogP contribution in [0.15, 0.2) is 30.5 Å². The summed E-state index contributed by atoms with van der Waals surface area (Å²) in [4.78, 5) is 31.3. The molecule has 3 rings (SSSR count). The number of aliphatic hydroxyl groups excluding tert-OH is 1. The van der Waals surface area contributed by atoms with Gasteiger partial charge in [0.05, 0.1) is 12.5 Å². The summed E-state index contributed by atoms with van der Waals surface area (Å²) in [6.07, 6.45) is 1.77. The minimum atomic E-state index is -0.956. The maximum atomic E-state index is 12.3. The van der Waals surface area contributed by atoms with Gasteiger partial charge < -0.3 is 20.5 Å². The Morgan fingerprint density at radius 1 is 1.15 bits per heavy atom. The Morgan fingerprint density at radius 3 is 2.59 bits per heavy atom. The van der Waals surface area contributed by atoms with Crippen molar-refractivity contribution in [2.75, 3.05) is 51.2 Å². The van der Waals surface area contributed by atoms with Crippen LogP contribution in [-0.2, 0) is 9.59 Å². The third-order valence-electron chi connectivity index (χ3n) is 4.98. The fraction of sp³-hybridized carbons (Fsp3) is 0.474. The molecule has 1 aromatic heterocycles. The number of piperazine rings is 1. The van der Waals surface area contributed by atoms with Crippen LogP contribution in [0.2, 0.25) is 0 Å². The summed E-state index contributed by atoms with van der Waals surface area (Å²) in [5.41, 5.74) is 1.57. The fourth-order valence-corrected chi connectivity index (χ4v) is 3.44. The van der Waals surface area contributed by atoms with Gasteiger partial charge >= 0.3 is 5.97 Å². The molecule has 0 saturated carbocycles. The summed E-state index contributed by atoms with van der Waals surface area (Å²) in [5, 5.41) is 22.3. The van der Waals surface area contributed by atoms with Gasteiger partial charge in [0.2, 0.25) is 5.91 Å². The van der Waals surface area contributed by atoms with Gasteiger partial charge in [-0.3, -0.25) is 19.4 Å². The van der Waals surface area contributed by atoms with E-state index in [9.17, 15) is 14.7 Å². The van der Waals surface area contributed by atoms with Crippen molar-refractivity contribution >= 4 is 28.5 Å². The van der Waals surface area contributed by atoms with Crippen LogP contribution >= 0.6 is 0 Å². The molecule has 2 heterocycles. The minimum Gasteiger partial charge on any atom is -0.481 e. The number of amides is 1. The van der Waals surface area contributed by atoms with Crippen LogP contribution in [0.25, 0.3) is 10.9 Å². The second-order valence-corrected chi connectivity index (χ2v) is 6.93. The number of anilines is 1. The number of β-amino-alcohol motifs (C(OH)–C–C–N with tert-alkyl or cyclic N) is 1. The number of aliphatic hydroxyl groups is 1. The number of aromatic nitrogens is 1. The molecule has 1 aromatic carbocycles. The number of benzene rings is 1. The quantitative estimate of drug-likeness (QED) is 0.544. The van der Waals surface area contributed by atoms with Crippen molar-refractivity contribution in [2.24, 2.45) is 5.92 Å². The predicted octanol–water partition coefficient (Wildman–Crippen LogP) is 0.807. The number of aliphatic carboxylic acids is 1. The molecule has 1 amide bonds. The highest BCUT2D eigenvalue weighted by molar-refractivity contribution is 5.95. The third-order valence-corrected chi connectivity index (χ3v) is 4.98. The van der Waals surface area contributed by atoms with Crippen LogP contribution in [-0.4, -0.2) is 82.7 Å². The first kappa shape index (κ1) is 19.3. The normalized spacial score (nSPS) is 17.1.